The molecule has 0 fully saturated rings. The number of rotatable bonds is 15. The first kappa shape index (κ1) is 69.6. The Kier molecular flexibility index (Phi) is 17.4. The standard InChI is InChI=1S/C108H77N7/c1-68-45-59-92(70(3)109-68)76-51-47-74(48-52-76)83-29-20-34-89(64-83)108(100-43-15-11-39-96(100)97-40-12-16-44-101(97)108)90-35-21-31-85(65-90)103-67-102(77-23-7-6-8-24-77)113-106(114-103)86-32-19-26-80(63-86)73-49-53-78(54-50-73)104-111-72(5)112-105(115-104)87-33-22-36-91(66-87)107(98-41-13-9-37-94(98)95-38-10-14-42-99(95)107)88-57-55-75(56-58-88)79-25-17-27-81(61-79)82-28-18-30-84(62-82)93-60-46-69(2)110-71(93)4/h6-67H,1-5H3. The van der Waals surface area contributed by atoms with Crippen molar-refractivity contribution in [3.8, 4) is 146 Å². The van der Waals surface area contributed by atoms with Crippen LogP contribution in [0.2, 0.25) is 0 Å². The SMILES string of the molecule is Cc1ccc(-c2ccc(-c3cccc(C4(c5cccc(-c6cc(-c7ccccc7)nc(-c7cccc(-c8ccc(-c9nc(C)nc(-c%10cccc(C%11(c%12ccc(-c%13cccc(-c%14cccc(-c%15ccc(C)nc%15C)c%14)c%13)cc%12)c%12ccccc%12-c%12ccccc%12%11)c%10)n9)cc8)c7)n6)c5)c5ccccc5-c5ccccc54)c3)cc2)c(C)n1. The molecule has 0 saturated carbocycles. The summed E-state index contributed by atoms with van der Waals surface area (Å²) in [5.41, 5.74) is 37.1. The van der Waals surface area contributed by atoms with Gasteiger partial charge in [-0.2, -0.15) is 0 Å². The Hall–Kier alpha value is -14.5. The maximum Gasteiger partial charge on any atom is 0.163 e. The van der Waals surface area contributed by atoms with Crippen molar-refractivity contribution < 1.29 is 0 Å². The van der Waals surface area contributed by atoms with Gasteiger partial charge in [-0.15, -0.1) is 0 Å². The van der Waals surface area contributed by atoms with E-state index in [0.29, 0.717) is 23.3 Å². The lowest BCUT2D eigenvalue weighted by molar-refractivity contribution is 0.768. The molecule has 0 N–H and O–H groups in total. The Morgan fingerprint density at radius 3 is 1.00 bits per heavy atom. The van der Waals surface area contributed by atoms with Crippen LogP contribution in [0.3, 0.4) is 0 Å². The zero-order chi connectivity index (χ0) is 77.3. The molecule has 0 spiro atoms. The van der Waals surface area contributed by atoms with Gasteiger partial charge < -0.3 is 0 Å². The molecule has 0 saturated heterocycles. The molecule has 4 heterocycles. The minimum absolute atomic E-state index is 0.599. The van der Waals surface area contributed by atoms with E-state index in [1.807, 2.05) is 26.8 Å². The van der Waals surface area contributed by atoms with Crippen LogP contribution in [-0.4, -0.2) is 34.9 Å². The van der Waals surface area contributed by atoms with Crippen molar-refractivity contribution >= 4 is 0 Å². The van der Waals surface area contributed by atoms with Crippen molar-refractivity contribution in [1.29, 1.82) is 0 Å². The maximum absolute atomic E-state index is 5.54. The van der Waals surface area contributed by atoms with Gasteiger partial charge in [-0.1, -0.05) is 322 Å². The molecule has 2 aliphatic rings. The highest BCUT2D eigenvalue weighted by atomic mass is 15.0. The van der Waals surface area contributed by atoms with Crippen molar-refractivity contribution in [2.75, 3.05) is 0 Å². The Morgan fingerprint density at radius 2 is 0.496 bits per heavy atom. The van der Waals surface area contributed by atoms with Gasteiger partial charge in [0.1, 0.15) is 5.82 Å². The molecule has 544 valence electrons. The van der Waals surface area contributed by atoms with E-state index in [0.717, 1.165) is 140 Å². The highest BCUT2D eigenvalue weighted by Crippen LogP contribution is 2.59. The number of aryl methyl sites for hydroxylation is 5. The molecule has 0 unspecified atom stereocenters. The first-order valence-electron chi connectivity index (χ1n) is 39.4. The number of nitrogens with zero attached hydrogens (tertiary/aromatic N) is 7. The number of pyridine rings is 2. The fraction of sp³-hybridized carbons (Fsp3) is 0.0648. The van der Waals surface area contributed by atoms with Crippen molar-refractivity contribution in [2.24, 2.45) is 0 Å². The number of aromatic nitrogens is 7. The fourth-order valence-corrected chi connectivity index (χ4v) is 18.1. The second-order valence-electron chi connectivity index (χ2n) is 30.4. The molecule has 0 radical (unpaired) electrons. The van der Waals surface area contributed by atoms with Crippen LogP contribution in [-0.2, 0) is 10.8 Å². The molecule has 0 amide bonds. The molecular formula is C108H77N7. The smallest absolute Gasteiger partial charge is 0.163 e. The van der Waals surface area contributed by atoms with Crippen LogP contribution in [0.4, 0.5) is 0 Å². The average molecular weight is 1470 g/mol. The molecule has 18 aromatic rings. The quantitative estimate of drug-likeness (QED) is 0.101. The summed E-state index contributed by atoms with van der Waals surface area (Å²) in [7, 11) is 0. The molecular weight excluding hydrogens is 1400 g/mol. The zero-order valence-corrected chi connectivity index (χ0v) is 64.4. The lowest BCUT2D eigenvalue weighted by atomic mass is 9.67. The minimum Gasteiger partial charge on any atom is -0.258 e. The summed E-state index contributed by atoms with van der Waals surface area (Å²) in [6.07, 6.45) is 0. The monoisotopic (exact) mass is 1470 g/mol. The summed E-state index contributed by atoms with van der Waals surface area (Å²) in [6, 6.07) is 137. The zero-order valence-electron chi connectivity index (χ0n) is 64.4. The van der Waals surface area contributed by atoms with E-state index >= 15 is 0 Å². The predicted molar refractivity (Wildman–Crippen MR) is 469 cm³/mol. The van der Waals surface area contributed by atoms with Gasteiger partial charge in [-0.3, -0.25) is 9.97 Å². The summed E-state index contributed by atoms with van der Waals surface area (Å²) in [6.45, 7) is 10.2. The second-order valence-corrected chi connectivity index (χ2v) is 30.4. The molecule has 0 aliphatic heterocycles. The molecule has 20 rings (SSSR count). The summed E-state index contributed by atoms with van der Waals surface area (Å²) in [5.74, 6) is 2.47. The van der Waals surface area contributed by atoms with Gasteiger partial charge in [0.05, 0.1) is 22.2 Å². The van der Waals surface area contributed by atoms with Crippen molar-refractivity contribution in [3.05, 3.63) is 449 Å². The molecule has 4 aromatic heterocycles. The van der Waals surface area contributed by atoms with Gasteiger partial charge in [0.2, 0.25) is 0 Å². The van der Waals surface area contributed by atoms with Crippen LogP contribution >= 0.6 is 0 Å². The molecule has 115 heavy (non-hydrogen) atoms. The van der Waals surface area contributed by atoms with Crippen LogP contribution in [0, 0.1) is 34.6 Å². The third-order valence-electron chi connectivity index (χ3n) is 23.5. The third-order valence-corrected chi connectivity index (χ3v) is 23.5. The first-order chi connectivity index (χ1) is 56.5. The van der Waals surface area contributed by atoms with Gasteiger partial charge in [0, 0.05) is 61.7 Å². The van der Waals surface area contributed by atoms with E-state index in [4.69, 9.17) is 34.9 Å². The Morgan fingerprint density at radius 1 is 0.174 bits per heavy atom. The van der Waals surface area contributed by atoms with Gasteiger partial charge in [-0.25, -0.2) is 24.9 Å². The Balaban J connectivity index is 0.619. The largest absolute Gasteiger partial charge is 0.258 e. The summed E-state index contributed by atoms with van der Waals surface area (Å²) < 4.78 is 0. The number of hydrogen-bond donors (Lipinski definition) is 0. The third kappa shape index (κ3) is 12.3. The van der Waals surface area contributed by atoms with E-state index in [2.05, 4.69) is 384 Å². The van der Waals surface area contributed by atoms with E-state index in [9.17, 15) is 0 Å². The lowest BCUT2D eigenvalue weighted by Crippen LogP contribution is -2.28. The topological polar surface area (TPSA) is 90.2 Å². The van der Waals surface area contributed by atoms with E-state index in [1.165, 1.54) is 55.6 Å². The Bertz CT molecular complexity index is 6750. The molecule has 0 atom stereocenters. The summed E-state index contributed by atoms with van der Waals surface area (Å²) >= 11 is 0. The highest BCUT2D eigenvalue weighted by Gasteiger charge is 2.48. The van der Waals surface area contributed by atoms with Crippen molar-refractivity contribution in [3.63, 3.8) is 0 Å². The molecule has 7 heteroatoms. The number of hydrogen-bond acceptors (Lipinski definition) is 7. The van der Waals surface area contributed by atoms with E-state index in [1.54, 1.807) is 0 Å². The van der Waals surface area contributed by atoms with Crippen LogP contribution < -0.4 is 0 Å². The van der Waals surface area contributed by atoms with Crippen LogP contribution in [0.15, 0.2) is 376 Å². The normalized spacial score (nSPS) is 12.7. The van der Waals surface area contributed by atoms with Crippen LogP contribution in [0.5, 0.6) is 0 Å². The molecule has 2 aliphatic carbocycles. The minimum atomic E-state index is -0.675. The summed E-state index contributed by atoms with van der Waals surface area (Å²) in [5, 5.41) is 0. The second kappa shape index (κ2) is 28.7. The van der Waals surface area contributed by atoms with Crippen molar-refractivity contribution in [1.82, 2.24) is 34.9 Å². The lowest BCUT2D eigenvalue weighted by Gasteiger charge is -2.34. The number of fused-ring (bicyclic) bond motifs is 6. The average Bonchev–Trinajstić information content (AvgIpc) is 1.55. The summed E-state index contributed by atoms with van der Waals surface area (Å²) in [4.78, 5) is 35.9. The predicted octanol–water partition coefficient (Wildman–Crippen LogP) is 26.1. The van der Waals surface area contributed by atoms with Crippen LogP contribution in [0.25, 0.3) is 146 Å². The highest BCUT2D eigenvalue weighted by molar-refractivity contribution is 5.90. The van der Waals surface area contributed by atoms with E-state index < -0.39 is 10.8 Å². The van der Waals surface area contributed by atoms with Crippen LogP contribution in [0.1, 0.15) is 73.1 Å². The Labute approximate surface area is 670 Å². The molecule has 0 bridgehead atoms. The van der Waals surface area contributed by atoms with Gasteiger partial charge in [0.25, 0.3) is 0 Å². The fourth-order valence-electron chi connectivity index (χ4n) is 18.1. The van der Waals surface area contributed by atoms with Gasteiger partial charge >= 0.3 is 0 Å². The van der Waals surface area contributed by atoms with E-state index in [-0.39, 0.29) is 0 Å². The molecule has 14 aromatic carbocycles. The van der Waals surface area contributed by atoms with Gasteiger partial charge in [-0.05, 0) is 212 Å². The number of benzene rings is 14. The van der Waals surface area contributed by atoms with Gasteiger partial charge in [0.15, 0.2) is 17.5 Å². The first-order valence-corrected chi connectivity index (χ1v) is 39.4. The van der Waals surface area contributed by atoms with Crippen molar-refractivity contribution in [2.45, 2.75) is 45.4 Å². The molecule has 7 nitrogen and oxygen atoms in total. The maximum atomic E-state index is 5.54.